The van der Waals surface area contributed by atoms with Crippen molar-refractivity contribution in [2.45, 2.75) is 0 Å². The number of halogens is 1. The average Bonchev–Trinajstić information content (AvgIpc) is 2.03. The minimum absolute atomic E-state index is 0.200. The van der Waals surface area contributed by atoms with Gasteiger partial charge >= 0.3 is 5.97 Å². The summed E-state index contributed by atoms with van der Waals surface area (Å²) in [5, 5.41) is 8.56. The molecule has 1 aromatic rings. The summed E-state index contributed by atoms with van der Waals surface area (Å²) in [6.07, 6.45) is 0. The zero-order valence-electron chi connectivity index (χ0n) is 6.45. The number of hydrogen-bond acceptors (Lipinski definition) is 2. The SMILES string of the molecule is NC(=O)c1ccc(F)cc1C(=O)O. The number of carboxylic acids is 1. The number of carbonyl (C=O) groups excluding carboxylic acids is 1. The van der Waals surface area contributed by atoms with E-state index >= 15 is 0 Å². The zero-order valence-corrected chi connectivity index (χ0v) is 6.45. The molecule has 0 aliphatic heterocycles. The first-order valence-electron chi connectivity index (χ1n) is 3.35. The molecule has 0 aliphatic carbocycles. The third-order valence-corrected chi connectivity index (χ3v) is 1.48. The van der Waals surface area contributed by atoms with E-state index in [0.29, 0.717) is 0 Å². The third kappa shape index (κ3) is 1.81. The van der Waals surface area contributed by atoms with E-state index < -0.39 is 23.3 Å². The smallest absolute Gasteiger partial charge is 0.336 e. The van der Waals surface area contributed by atoms with Gasteiger partial charge in [-0.25, -0.2) is 9.18 Å². The van der Waals surface area contributed by atoms with Gasteiger partial charge in [0, 0.05) is 0 Å². The van der Waals surface area contributed by atoms with E-state index in [-0.39, 0.29) is 5.56 Å². The molecule has 0 aromatic heterocycles. The first kappa shape index (κ1) is 9.18. The van der Waals surface area contributed by atoms with E-state index in [1.165, 1.54) is 0 Å². The molecule has 0 radical (unpaired) electrons. The van der Waals surface area contributed by atoms with Crippen LogP contribution in [0, 0.1) is 5.82 Å². The number of rotatable bonds is 2. The summed E-state index contributed by atoms with van der Waals surface area (Å²) in [6.45, 7) is 0. The van der Waals surface area contributed by atoms with E-state index in [2.05, 4.69) is 0 Å². The fourth-order valence-electron chi connectivity index (χ4n) is 0.908. The van der Waals surface area contributed by atoms with Crippen LogP contribution in [0.5, 0.6) is 0 Å². The second-order valence-corrected chi connectivity index (χ2v) is 2.36. The Balaban J connectivity index is 3.35. The van der Waals surface area contributed by atoms with E-state index in [9.17, 15) is 14.0 Å². The summed E-state index contributed by atoms with van der Waals surface area (Å²) in [7, 11) is 0. The molecule has 0 fully saturated rings. The van der Waals surface area contributed by atoms with Gasteiger partial charge in [0.1, 0.15) is 5.82 Å². The van der Waals surface area contributed by atoms with Gasteiger partial charge in [-0.2, -0.15) is 0 Å². The Labute approximate surface area is 72.8 Å². The Morgan fingerprint density at radius 2 is 1.92 bits per heavy atom. The van der Waals surface area contributed by atoms with Crippen LogP contribution in [0.1, 0.15) is 20.7 Å². The molecule has 5 heteroatoms. The number of carboxylic acid groups (broad SMARTS) is 1. The Morgan fingerprint density at radius 3 is 2.38 bits per heavy atom. The van der Waals surface area contributed by atoms with Gasteiger partial charge in [0.25, 0.3) is 0 Å². The standard InChI is InChI=1S/C8H6FNO3/c9-4-1-2-5(7(10)11)6(3-4)8(12)13/h1-3H,(H2,10,11)(H,12,13). The highest BCUT2D eigenvalue weighted by molar-refractivity contribution is 6.04. The maximum absolute atomic E-state index is 12.6. The van der Waals surface area contributed by atoms with Crippen LogP contribution in [-0.4, -0.2) is 17.0 Å². The molecule has 0 atom stereocenters. The van der Waals surface area contributed by atoms with Crippen LogP contribution in [0.2, 0.25) is 0 Å². The lowest BCUT2D eigenvalue weighted by Crippen LogP contribution is -2.16. The molecule has 0 saturated carbocycles. The molecule has 0 saturated heterocycles. The molecule has 1 amide bonds. The highest BCUT2D eigenvalue weighted by atomic mass is 19.1. The van der Waals surface area contributed by atoms with Crippen LogP contribution in [0.15, 0.2) is 18.2 Å². The van der Waals surface area contributed by atoms with E-state index in [1.807, 2.05) is 0 Å². The predicted octanol–water partition coefficient (Wildman–Crippen LogP) is 0.623. The van der Waals surface area contributed by atoms with Crippen molar-refractivity contribution < 1.29 is 19.1 Å². The van der Waals surface area contributed by atoms with E-state index in [0.717, 1.165) is 18.2 Å². The molecule has 68 valence electrons. The molecule has 0 heterocycles. The fraction of sp³-hybridized carbons (Fsp3) is 0. The number of nitrogens with two attached hydrogens (primary N) is 1. The number of hydrogen-bond donors (Lipinski definition) is 2. The number of amides is 1. The van der Waals surface area contributed by atoms with Gasteiger partial charge in [-0.15, -0.1) is 0 Å². The predicted molar refractivity (Wildman–Crippen MR) is 41.9 cm³/mol. The van der Waals surface area contributed by atoms with Gasteiger partial charge < -0.3 is 10.8 Å². The summed E-state index contributed by atoms with van der Waals surface area (Å²) in [5.41, 5.74) is 4.25. The molecule has 0 bridgehead atoms. The van der Waals surface area contributed by atoms with Crippen LogP contribution in [0.4, 0.5) is 4.39 Å². The molecule has 13 heavy (non-hydrogen) atoms. The quantitative estimate of drug-likeness (QED) is 0.705. The van der Waals surface area contributed by atoms with Crippen LogP contribution >= 0.6 is 0 Å². The Bertz CT molecular complexity index is 376. The largest absolute Gasteiger partial charge is 0.478 e. The highest BCUT2D eigenvalue weighted by Crippen LogP contribution is 2.10. The van der Waals surface area contributed by atoms with Gasteiger partial charge in [-0.05, 0) is 18.2 Å². The van der Waals surface area contributed by atoms with Crippen LogP contribution in [-0.2, 0) is 0 Å². The van der Waals surface area contributed by atoms with Crippen molar-refractivity contribution >= 4 is 11.9 Å². The van der Waals surface area contributed by atoms with Crippen molar-refractivity contribution in [1.82, 2.24) is 0 Å². The van der Waals surface area contributed by atoms with Crippen molar-refractivity contribution in [2.75, 3.05) is 0 Å². The van der Waals surface area contributed by atoms with Crippen molar-refractivity contribution in [3.8, 4) is 0 Å². The molecule has 0 unspecified atom stereocenters. The first-order chi connectivity index (χ1) is 6.02. The van der Waals surface area contributed by atoms with Gasteiger partial charge in [0.2, 0.25) is 5.91 Å². The Morgan fingerprint density at radius 1 is 1.31 bits per heavy atom. The molecule has 0 aliphatic rings. The van der Waals surface area contributed by atoms with E-state index in [1.54, 1.807) is 0 Å². The minimum atomic E-state index is -1.38. The minimum Gasteiger partial charge on any atom is -0.478 e. The van der Waals surface area contributed by atoms with Crippen molar-refractivity contribution in [1.29, 1.82) is 0 Å². The van der Waals surface area contributed by atoms with Crippen molar-refractivity contribution in [3.05, 3.63) is 35.1 Å². The highest BCUT2D eigenvalue weighted by Gasteiger charge is 2.14. The molecular weight excluding hydrogens is 177 g/mol. The van der Waals surface area contributed by atoms with Crippen molar-refractivity contribution in [3.63, 3.8) is 0 Å². The summed E-state index contributed by atoms with van der Waals surface area (Å²) >= 11 is 0. The average molecular weight is 183 g/mol. The maximum Gasteiger partial charge on any atom is 0.336 e. The van der Waals surface area contributed by atoms with E-state index in [4.69, 9.17) is 10.8 Å². The zero-order chi connectivity index (χ0) is 10.0. The molecule has 1 aromatic carbocycles. The maximum atomic E-state index is 12.6. The van der Waals surface area contributed by atoms with Gasteiger partial charge in [0.15, 0.2) is 0 Å². The van der Waals surface area contributed by atoms with Crippen molar-refractivity contribution in [2.24, 2.45) is 5.73 Å². The van der Waals surface area contributed by atoms with Crippen LogP contribution in [0.3, 0.4) is 0 Å². The number of carbonyl (C=O) groups is 2. The van der Waals surface area contributed by atoms with Gasteiger partial charge in [-0.3, -0.25) is 4.79 Å². The summed E-state index contributed by atoms with van der Waals surface area (Å²) in [5.74, 6) is -2.99. The second kappa shape index (κ2) is 3.22. The van der Waals surface area contributed by atoms with Crippen LogP contribution < -0.4 is 5.73 Å². The first-order valence-corrected chi connectivity index (χ1v) is 3.35. The normalized spacial score (nSPS) is 9.62. The number of primary amides is 1. The third-order valence-electron chi connectivity index (χ3n) is 1.48. The number of benzene rings is 1. The lowest BCUT2D eigenvalue weighted by molar-refractivity contribution is 0.0691. The monoisotopic (exact) mass is 183 g/mol. The summed E-state index contributed by atoms with van der Waals surface area (Å²) in [4.78, 5) is 21.2. The molecular formula is C8H6FNO3. The lowest BCUT2D eigenvalue weighted by atomic mass is 10.1. The Hall–Kier alpha value is -1.91. The van der Waals surface area contributed by atoms with Gasteiger partial charge in [-0.1, -0.05) is 0 Å². The number of aromatic carboxylic acids is 1. The van der Waals surface area contributed by atoms with Gasteiger partial charge in [0.05, 0.1) is 11.1 Å². The molecule has 4 nitrogen and oxygen atoms in total. The molecule has 0 spiro atoms. The Kier molecular flexibility index (Phi) is 2.27. The second-order valence-electron chi connectivity index (χ2n) is 2.36. The molecule has 3 N–H and O–H groups in total. The topological polar surface area (TPSA) is 80.4 Å². The molecule has 1 rings (SSSR count). The van der Waals surface area contributed by atoms with Crippen LogP contribution in [0.25, 0.3) is 0 Å². The fourth-order valence-corrected chi connectivity index (χ4v) is 0.908. The summed E-state index contributed by atoms with van der Waals surface area (Å²) < 4.78 is 12.6. The summed E-state index contributed by atoms with van der Waals surface area (Å²) in [6, 6.07) is 2.77. The lowest BCUT2D eigenvalue weighted by Gasteiger charge is -2.00.